The first kappa shape index (κ1) is 28.1. The summed E-state index contributed by atoms with van der Waals surface area (Å²) in [6.45, 7) is 0. The Hall–Kier alpha value is -3.12. The Labute approximate surface area is 229 Å². The molecule has 0 aliphatic heterocycles. The molecule has 0 bridgehead atoms. The van der Waals surface area contributed by atoms with Gasteiger partial charge in [0.15, 0.2) is 5.82 Å². The predicted molar refractivity (Wildman–Crippen MR) is 153 cm³/mol. The summed E-state index contributed by atoms with van der Waals surface area (Å²) in [6, 6.07) is 19.0. The molecule has 13 heteroatoms. The van der Waals surface area contributed by atoms with Crippen LogP contribution in [0, 0.1) is 0 Å². The Morgan fingerprint density at radius 3 is 1.57 bits per heavy atom. The second-order valence-electron chi connectivity index (χ2n) is 6.63. The molecule has 0 spiro atoms. The van der Waals surface area contributed by atoms with Gasteiger partial charge in [-0.1, -0.05) is 39.1 Å². The van der Waals surface area contributed by atoms with Crippen LogP contribution < -0.4 is 28.7 Å². The minimum Gasteiger partial charge on any atom is -0.399 e. The van der Waals surface area contributed by atoms with Crippen LogP contribution in [0.1, 0.15) is 0 Å². The SMILES string of the molecule is Nc1cc(Br)c(N=Nc2ccc(Cl)cc2)c(N)n1.Nc1cc(Br)cc(N)n1.Nc1ccc(Cl)cc1. The first-order valence-corrected chi connectivity index (χ1v) is 12.0. The number of rotatable bonds is 2. The highest BCUT2D eigenvalue weighted by atomic mass is 79.9. The van der Waals surface area contributed by atoms with E-state index in [4.69, 9.17) is 51.9 Å². The summed E-state index contributed by atoms with van der Waals surface area (Å²) in [5, 5.41) is 9.45. The lowest BCUT2D eigenvalue weighted by Gasteiger charge is -2.02. The van der Waals surface area contributed by atoms with Crippen LogP contribution in [0.3, 0.4) is 0 Å². The van der Waals surface area contributed by atoms with Gasteiger partial charge in [0.25, 0.3) is 0 Å². The number of azo groups is 1. The summed E-state index contributed by atoms with van der Waals surface area (Å²) >= 11 is 17.9. The highest BCUT2D eigenvalue weighted by molar-refractivity contribution is 9.10. The molecule has 4 aromatic rings. The Bertz CT molecular complexity index is 1190. The fourth-order valence-corrected chi connectivity index (χ4v) is 3.50. The Morgan fingerprint density at radius 2 is 1.11 bits per heavy atom. The smallest absolute Gasteiger partial charge is 0.154 e. The highest BCUT2D eigenvalue weighted by Gasteiger charge is 2.06. The minimum absolute atomic E-state index is 0.222. The lowest BCUT2D eigenvalue weighted by atomic mass is 10.3. The van der Waals surface area contributed by atoms with Gasteiger partial charge < -0.3 is 28.7 Å². The van der Waals surface area contributed by atoms with E-state index in [9.17, 15) is 0 Å². The zero-order valence-corrected chi connectivity index (χ0v) is 22.7. The normalized spacial score (nSPS) is 10.2. The number of hydrogen-bond acceptors (Lipinski definition) is 9. The number of nitrogens with zero attached hydrogens (tertiary/aromatic N) is 4. The van der Waals surface area contributed by atoms with Crippen LogP contribution in [0.4, 0.5) is 40.3 Å². The third-order valence-electron chi connectivity index (χ3n) is 3.78. The molecule has 10 N–H and O–H groups in total. The number of anilines is 5. The number of nitrogens with two attached hydrogens (primary N) is 5. The number of halogens is 4. The molecule has 0 saturated carbocycles. The fourth-order valence-electron chi connectivity index (χ4n) is 2.26. The monoisotopic (exact) mass is 639 g/mol. The third-order valence-corrected chi connectivity index (χ3v) is 5.35. The lowest BCUT2D eigenvalue weighted by Crippen LogP contribution is -1.96. The predicted octanol–water partition coefficient (Wildman–Crippen LogP) is 7.01. The molecule has 2 heterocycles. The molecule has 0 atom stereocenters. The van der Waals surface area contributed by atoms with Gasteiger partial charge >= 0.3 is 0 Å². The lowest BCUT2D eigenvalue weighted by molar-refractivity contribution is 1.20. The number of hydrogen-bond donors (Lipinski definition) is 5. The van der Waals surface area contributed by atoms with Crippen molar-refractivity contribution in [2.45, 2.75) is 0 Å². The second kappa shape index (κ2) is 13.7. The summed E-state index contributed by atoms with van der Waals surface area (Å²) in [7, 11) is 0. The average Bonchev–Trinajstić information content (AvgIpc) is 2.76. The van der Waals surface area contributed by atoms with Gasteiger partial charge in [-0.2, -0.15) is 5.11 Å². The van der Waals surface area contributed by atoms with Crippen molar-refractivity contribution in [1.29, 1.82) is 0 Å². The first-order valence-electron chi connectivity index (χ1n) is 9.62. The van der Waals surface area contributed by atoms with E-state index < -0.39 is 0 Å². The molecule has 4 rings (SSSR count). The van der Waals surface area contributed by atoms with Crippen molar-refractivity contribution in [3.8, 4) is 0 Å². The van der Waals surface area contributed by atoms with Crippen LogP contribution in [0.25, 0.3) is 0 Å². The molecule has 0 unspecified atom stereocenters. The van der Waals surface area contributed by atoms with Crippen molar-refractivity contribution in [3.63, 3.8) is 0 Å². The standard InChI is InChI=1S/C11H9BrClN5.C6H6ClN.C5H6BrN3/c12-8-5-9(14)16-11(15)10(8)18-17-7-3-1-6(13)2-4-7;7-5-1-3-6(8)4-2-5;6-3-1-4(7)9-5(8)2-3/h1-5H,(H4,14,15,16);1-4H,8H2;1-2H,(H4,7,8,9). The second-order valence-corrected chi connectivity index (χ2v) is 9.27. The molecule has 0 amide bonds. The molecule has 9 nitrogen and oxygen atoms in total. The molecule has 35 heavy (non-hydrogen) atoms. The molecule has 0 saturated heterocycles. The summed E-state index contributed by atoms with van der Waals surface area (Å²) in [4.78, 5) is 7.67. The first-order chi connectivity index (χ1) is 16.5. The Kier molecular flexibility index (Phi) is 11.0. The highest BCUT2D eigenvalue weighted by Crippen LogP contribution is 2.33. The van der Waals surface area contributed by atoms with Gasteiger partial charge in [-0.15, -0.1) is 5.11 Å². The summed E-state index contributed by atoms with van der Waals surface area (Å²) in [5.41, 5.74) is 29.2. The van der Waals surface area contributed by atoms with Gasteiger partial charge in [0.2, 0.25) is 0 Å². The van der Waals surface area contributed by atoms with Gasteiger partial charge in [0, 0.05) is 20.2 Å². The van der Waals surface area contributed by atoms with E-state index in [1.807, 2.05) is 0 Å². The Morgan fingerprint density at radius 1 is 0.629 bits per heavy atom. The van der Waals surface area contributed by atoms with Gasteiger partial charge in [-0.25, -0.2) is 9.97 Å². The van der Waals surface area contributed by atoms with E-state index >= 15 is 0 Å². The number of pyridine rings is 2. The quantitative estimate of drug-likeness (QED) is 0.115. The maximum atomic E-state index is 5.77. The van der Waals surface area contributed by atoms with E-state index in [0.29, 0.717) is 38.3 Å². The molecular formula is C22H21Br2Cl2N9. The van der Waals surface area contributed by atoms with Crippen molar-refractivity contribution in [3.05, 3.63) is 85.7 Å². The molecule has 0 fully saturated rings. The zero-order valence-electron chi connectivity index (χ0n) is 18.0. The van der Waals surface area contributed by atoms with Gasteiger partial charge in [0.05, 0.1) is 10.2 Å². The third kappa shape index (κ3) is 10.4. The van der Waals surface area contributed by atoms with Crippen molar-refractivity contribution in [2.75, 3.05) is 28.7 Å². The van der Waals surface area contributed by atoms with Crippen molar-refractivity contribution >= 4 is 95.4 Å². The zero-order chi connectivity index (χ0) is 26.0. The van der Waals surface area contributed by atoms with E-state index in [0.717, 1.165) is 15.2 Å². The van der Waals surface area contributed by atoms with E-state index in [1.54, 1.807) is 66.7 Å². The van der Waals surface area contributed by atoms with Gasteiger partial charge in [-0.3, -0.25) is 0 Å². The maximum absolute atomic E-state index is 5.77. The largest absolute Gasteiger partial charge is 0.399 e. The number of nitrogen functional groups attached to an aromatic ring is 5. The van der Waals surface area contributed by atoms with Gasteiger partial charge in [0.1, 0.15) is 23.1 Å². The molecule has 0 aliphatic rings. The van der Waals surface area contributed by atoms with Gasteiger partial charge in [-0.05, 0) is 82.7 Å². The van der Waals surface area contributed by atoms with Crippen LogP contribution in [-0.2, 0) is 0 Å². The van der Waals surface area contributed by atoms with Crippen LogP contribution in [-0.4, -0.2) is 9.97 Å². The molecule has 2 aromatic heterocycles. The number of benzene rings is 2. The van der Waals surface area contributed by atoms with Crippen LogP contribution >= 0.6 is 55.1 Å². The van der Waals surface area contributed by atoms with E-state index in [1.165, 1.54) is 0 Å². The summed E-state index contributed by atoms with van der Waals surface area (Å²) in [6.07, 6.45) is 0. The van der Waals surface area contributed by atoms with Crippen LogP contribution in [0.2, 0.25) is 10.0 Å². The number of aromatic nitrogens is 2. The molecule has 0 radical (unpaired) electrons. The molecule has 2 aromatic carbocycles. The molecule has 182 valence electrons. The Balaban J connectivity index is 0.000000211. The molecule has 0 aliphatic carbocycles. The summed E-state index contributed by atoms with van der Waals surface area (Å²) in [5.74, 6) is 1.41. The van der Waals surface area contributed by atoms with Crippen molar-refractivity contribution in [1.82, 2.24) is 9.97 Å². The average molecular weight is 642 g/mol. The van der Waals surface area contributed by atoms with E-state index in [-0.39, 0.29) is 5.82 Å². The minimum atomic E-state index is 0.222. The fraction of sp³-hybridized carbons (Fsp3) is 0. The van der Waals surface area contributed by atoms with E-state index in [2.05, 4.69) is 52.1 Å². The van der Waals surface area contributed by atoms with Crippen molar-refractivity contribution < 1.29 is 0 Å². The van der Waals surface area contributed by atoms with Crippen molar-refractivity contribution in [2.24, 2.45) is 10.2 Å². The topological polar surface area (TPSA) is 181 Å². The molecular weight excluding hydrogens is 621 g/mol. The summed E-state index contributed by atoms with van der Waals surface area (Å²) < 4.78 is 1.50. The maximum Gasteiger partial charge on any atom is 0.154 e. The van der Waals surface area contributed by atoms with Crippen LogP contribution in [0.5, 0.6) is 0 Å². The van der Waals surface area contributed by atoms with Crippen LogP contribution in [0.15, 0.2) is 85.9 Å².